The van der Waals surface area contributed by atoms with Gasteiger partial charge in [0.2, 0.25) is 0 Å². The minimum Gasteiger partial charge on any atom is -0.311 e. The summed E-state index contributed by atoms with van der Waals surface area (Å²) in [6, 6.07) is 4.05. The van der Waals surface area contributed by atoms with Gasteiger partial charge in [-0.1, -0.05) is 31.4 Å². The third-order valence-corrected chi connectivity index (χ3v) is 4.54. The molecule has 1 N–H and O–H groups in total. The van der Waals surface area contributed by atoms with Crippen LogP contribution in [0.1, 0.15) is 31.1 Å². The first-order valence-electron chi connectivity index (χ1n) is 5.85. The van der Waals surface area contributed by atoms with Crippen LogP contribution in [0, 0.1) is 0 Å². The number of nitrogens with one attached hydrogen (secondary N) is 1. The number of rotatable bonds is 9. The highest BCUT2D eigenvalue weighted by Gasteiger charge is 1.96. The predicted molar refractivity (Wildman–Crippen MR) is 77.9 cm³/mol. The lowest BCUT2D eigenvalue weighted by Crippen LogP contribution is -2.15. The van der Waals surface area contributed by atoms with E-state index >= 15 is 0 Å². The van der Waals surface area contributed by atoms with Crippen molar-refractivity contribution in [3.05, 3.63) is 21.3 Å². The van der Waals surface area contributed by atoms with Gasteiger partial charge in [-0.25, -0.2) is 0 Å². The summed E-state index contributed by atoms with van der Waals surface area (Å²) in [5.74, 6) is 2.52. The summed E-state index contributed by atoms with van der Waals surface area (Å²) >= 11 is 9.57. The Kier molecular flexibility index (Phi) is 8.39. The number of hydrogen-bond acceptors (Lipinski definition) is 3. The molecule has 0 unspecified atom stereocenters. The fraction of sp³-hybridized carbons (Fsp3) is 0.667. The predicted octanol–water partition coefficient (Wildman–Crippen LogP) is 4.41. The number of thioether (sulfide) groups is 1. The lowest BCUT2D eigenvalue weighted by molar-refractivity contribution is 0.739. The molecule has 0 saturated carbocycles. The second-order valence-electron chi connectivity index (χ2n) is 3.70. The molecule has 1 nitrogen and oxygen atoms in total. The van der Waals surface area contributed by atoms with Crippen LogP contribution in [0.2, 0.25) is 4.34 Å². The summed E-state index contributed by atoms with van der Waals surface area (Å²) in [4.78, 5) is 1.32. The van der Waals surface area contributed by atoms with Crippen LogP contribution in [0.15, 0.2) is 12.1 Å². The summed E-state index contributed by atoms with van der Waals surface area (Å²) < 4.78 is 0.880. The average Bonchev–Trinajstić information content (AvgIpc) is 2.68. The van der Waals surface area contributed by atoms with Crippen molar-refractivity contribution in [3.8, 4) is 0 Å². The fourth-order valence-corrected chi connectivity index (χ4v) is 3.32. The Morgan fingerprint density at radius 3 is 2.88 bits per heavy atom. The van der Waals surface area contributed by atoms with Crippen LogP contribution in [0.3, 0.4) is 0 Å². The second-order valence-corrected chi connectivity index (χ2v) is 6.73. The van der Waals surface area contributed by atoms with Gasteiger partial charge in [0.05, 0.1) is 4.34 Å². The maximum Gasteiger partial charge on any atom is 0.0931 e. The van der Waals surface area contributed by atoms with Gasteiger partial charge in [-0.15, -0.1) is 11.3 Å². The minimum atomic E-state index is 0.880. The minimum absolute atomic E-state index is 0.880. The van der Waals surface area contributed by atoms with E-state index in [1.165, 1.54) is 35.6 Å². The van der Waals surface area contributed by atoms with Crippen molar-refractivity contribution in [2.45, 2.75) is 32.7 Å². The molecule has 0 radical (unpaired) electrons. The number of hydrogen-bond donors (Lipinski definition) is 1. The molecule has 0 aliphatic heterocycles. The van der Waals surface area contributed by atoms with Gasteiger partial charge in [0.25, 0.3) is 0 Å². The van der Waals surface area contributed by atoms with Crippen molar-refractivity contribution in [3.63, 3.8) is 0 Å². The molecular weight excluding hydrogens is 258 g/mol. The highest BCUT2D eigenvalue weighted by Crippen LogP contribution is 2.20. The zero-order chi connectivity index (χ0) is 11.6. The number of halogens is 1. The van der Waals surface area contributed by atoms with Gasteiger partial charge in [0.15, 0.2) is 0 Å². The third kappa shape index (κ3) is 6.79. The largest absolute Gasteiger partial charge is 0.311 e. The van der Waals surface area contributed by atoms with Crippen LogP contribution in [0.25, 0.3) is 0 Å². The normalized spacial score (nSPS) is 10.9. The van der Waals surface area contributed by atoms with Crippen LogP contribution in [-0.4, -0.2) is 18.1 Å². The monoisotopic (exact) mass is 277 g/mol. The van der Waals surface area contributed by atoms with E-state index in [1.54, 1.807) is 11.3 Å². The Bertz CT molecular complexity index is 276. The van der Waals surface area contributed by atoms with E-state index in [9.17, 15) is 0 Å². The SMILES string of the molecule is CCCCCSCCNCc1ccc(Cl)s1. The second kappa shape index (κ2) is 9.34. The number of unbranched alkanes of at least 4 members (excludes halogenated alkanes) is 2. The van der Waals surface area contributed by atoms with Crippen LogP contribution >= 0.6 is 34.7 Å². The van der Waals surface area contributed by atoms with Gasteiger partial charge in [0, 0.05) is 23.7 Å². The molecule has 16 heavy (non-hydrogen) atoms. The van der Waals surface area contributed by atoms with Crippen molar-refractivity contribution in [1.82, 2.24) is 5.32 Å². The Morgan fingerprint density at radius 1 is 1.31 bits per heavy atom. The molecule has 1 aromatic heterocycles. The molecule has 0 bridgehead atoms. The fourth-order valence-electron chi connectivity index (χ4n) is 1.36. The summed E-state index contributed by atoms with van der Waals surface area (Å²) in [6.07, 6.45) is 4.05. The van der Waals surface area contributed by atoms with E-state index in [-0.39, 0.29) is 0 Å². The van der Waals surface area contributed by atoms with Crippen LogP contribution in [0.4, 0.5) is 0 Å². The quantitative estimate of drug-likeness (QED) is 0.671. The van der Waals surface area contributed by atoms with E-state index in [0.717, 1.165) is 17.4 Å². The highest BCUT2D eigenvalue weighted by molar-refractivity contribution is 7.99. The summed E-state index contributed by atoms with van der Waals surface area (Å²) in [6.45, 7) is 4.29. The van der Waals surface area contributed by atoms with Crippen molar-refractivity contribution >= 4 is 34.7 Å². The van der Waals surface area contributed by atoms with Gasteiger partial charge >= 0.3 is 0 Å². The van der Waals surface area contributed by atoms with Crippen molar-refractivity contribution < 1.29 is 0 Å². The molecule has 0 aliphatic carbocycles. The molecule has 0 aliphatic rings. The lowest BCUT2D eigenvalue weighted by Gasteiger charge is -2.03. The first-order chi connectivity index (χ1) is 7.83. The van der Waals surface area contributed by atoms with Crippen molar-refractivity contribution in [2.75, 3.05) is 18.1 Å². The number of thiophene rings is 1. The summed E-state index contributed by atoms with van der Waals surface area (Å²) in [5.41, 5.74) is 0. The third-order valence-electron chi connectivity index (χ3n) is 2.24. The molecule has 1 aromatic rings. The maximum atomic E-state index is 5.86. The lowest BCUT2D eigenvalue weighted by atomic mass is 10.3. The molecule has 0 spiro atoms. The zero-order valence-corrected chi connectivity index (χ0v) is 12.2. The summed E-state index contributed by atoms with van der Waals surface area (Å²) in [7, 11) is 0. The van der Waals surface area contributed by atoms with Gasteiger partial charge in [-0.3, -0.25) is 0 Å². The van der Waals surface area contributed by atoms with Gasteiger partial charge in [0.1, 0.15) is 0 Å². The average molecular weight is 278 g/mol. The van der Waals surface area contributed by atoms with E-state index in [1.807, 2.05) is 17.8 Å². The maximum absolute atomic E-state index is 5.86. The van der Waals surface area contributed by atoms with Crippen LogP contribution in [-0.2, 0) is 6.54 Å². The Morgan fingerprint density at radius 2 is 2.19 bits per heavy atom. The molecule has 1 rings (SSSR count). The standard InChI is InChI=1S/C12H20ClNS2/c1-2-3-4-8-15-9-7-14-10-11-5-6-12(13)16-11/h5-6,14H,2-4,7-10H2,1H3. The zero-order valence-electron chi connectivity index (χ0n) is 9.80. The molecule has 0 atom stereocenters. The molecule has 0 amide bonds. The Hall–Kier alpha value is 0.300. The topological polar surface area (TPSA) is 12.0 Å². The summed E-state index contributed by atoms with van der Waals surface area (Å²) in [5, 5.41) is 3.44. The molecule has 92 valence electrons. The molecule has 0 aromatic carbocycles. The van der Waals surface area contributed by atoms with Crippen LogP contribution < -0.4 is 5.32 Å². The van der Waals surface area contributed by atoms with E-state index in [0.29, 0.717) is 0 Å². The smallest absolute Gasteiger partial charge is 0.0931 e. The van der Waals surface area contributed by atoms with Gasteiger partial charge in [-0.2, -0.15) is 11.8 Å². The molecule has 0 fully saturated rings. The first kappa shape index (κ1) is 14.4. The van der Waals surface area contributed by atoms with Crippen molar-refractivity contribution in [1.29, 1.82) is 0 Å². The van der Waals surface area contributed by atoms with Crippen LogP contribution in [0.5, 0.6) is 0 Å². The highest BCUT2D eigenvalue weighted by atomic mass is 35.5. The van der Waals surface area contributed by atoms with E-state index < -0.39 is 0 Å². The molecule has 4 heteroatoms. The van der Waals surface area contributed by atoms with E-state index in [4.69, 9.17) is 11.6 Å². The van der Waals surface area contributed by atoms with E-state index in [2.05, 4.69) is 18.3 Å². The molecular formula is C12H20ClNS2. The Labute approximate surface area is 112 Å². The molecule has 0 saturated heterocycles. The van der Waals surface area contributed by atoms with Crippen molar-refractivity contribution in [2.24, 2.45) is 0 Å². The molecule has 1 heterocycles. The van der Waals surface area contributed by atoms with Gasteiger partial charge < -0.3 is 5.32 Å². The van der Waals surface area contributed by atoms with Gasteiger partial charge in [-0.05, 0) is 24.3 Å². The first-order valence-corrected chi connectivity index (χ1v) is 8.20. The Balaban J connectivity index is 1.88.